The molecule has 0 saturated heterocycles. The molecule has 6 nitrogen and oxygen atoms in total. The molecule has 1 heterocycles. The van der Waals surface area contributed by atoms with Crippen LogP contribution in [0.15, 0.2) is 36.7 Å². The van der Waals surface area contributed by atoms with Gasteiger partial charge in [0.1, 0.15) is 11.9 Å². The van der Waals surface area contributed by atoms with Crippen LogP contribution < -0.4 is 4.74 Å². The number of carbonyl (C=O) groups is 2. The maximum Gasteiger partial charge on any atom is 0.302 e. The van der Waals surface area contributed by atoms with Crippen LogP contribution in [0.2, 0.25) is 0 Å². The first-order chi connectivity index (χ1) is 14.4. The van der Waals surface area contributed by atoms with Crippen LogP contribution in [0.4, 0.5) is 0 Å². The molecule has 0 radical (unpaired) electrons. The third-order valence-corrected chi connectivity index (χ3v) is 5.39. The van der Waals surface area contributed by atoms with Crippen LogP contribution in [0.5, 0.6) is 11.5 Å². The van der Waals surface area contributed by atoms with Gasteiger partial charge in [-0.25, -0.2) is 0 Å². The molecule has 1 aromatic heterocycles. The standard InChI is InChI=1S/C24H33NO5/c1-4-18(13-20-11-12-25-16-20)6-9-22(30-17(2)26)15-21(27)8-5-19-7-10-23(28)24(14-19)29-3/h7,10-12,14,16,18,22,25,28H,4-6,8-9,13,15H2,1-3H3/t18-,22-/m1/s1. The first-order valence-electron chi connectivity index (χ1n) is 10.6. The molecule has 0 unspecified atom stereocenters. The Balaban J connectivity index is 1.86. The van der Waals surface area contributed by atoms with E-state index in [0.717, 1.165) is 24.8 Å². The van der Waals surface area contributed by atoms with Crippen molar-refractivity contribution in [3.8, 4) is 11.5 Å². The number of rotatable bonds is 13. The smallest absolute Gasteiger partial charge is 0.302 e. The van der Waals surface area contributed by atoms with E-state index in [1.165, 1.54) is 19.6 Å². The minimum atomic E-state index is -0.385. The number of phenols is 1. The number of aromatic nitrogens is 1. The summed E-state index contributed by atoms with van der Waals surface area (Å²) in [6.45, 7) is 3.55. The van der Waals surface area contributed by atoms with Gasteiger partial charge >= 0.3 is 5.97 Å². The van der Waals surface area contributed by atoms with E-state index in [2.05, 4.69) is 18.0 Å². The molecule has 0 aliphatic rings. The maximum atomic E-state index is 12.5. The van der Waals surface area contributed by atoms with Crippen LogP contribution in [0, 0.1) is 5.92 Å². The number of benzene rings is 1. The van der Waals surface area contributed by atoms with Gasteiger partial charge in [0.25, 0.3) is 0 Å². The van der Waals surface area contributed by atoms with E-state index in [4.69, 9.17) is 9.47 Å². The van der Waals surface area contributed by atoms with Gasteiger partial charge in [-0.15, -0.1) is 0 Å². The number of Topliss-reactive ketones (excluding diaryl/α,β-unsaturated/α-hetero) is 1. The summed E-state index contributed by atoms with van der Waals surface area (Å²) >= 11 is 0. The number of hydrogen-bond donors (Lipinski definition) is 2. The molecule has 1 aromatic carbocycles. The highest BCUT2D eigenvalue weighted by atomic mass is 16.5. The van der Waals surface area contributed by atoms with Crippen molar-refractivity contribution < 1.29 is 24.2 Å². The van der Waals surface area contributed by atoms with Crippen molar-refractivity contribution in [2.45, 2.75) is 64.9 Å². The van der Waals surface area contributed by atoms with Crippen LogP contribution in [0.3, 0.4) is 0 Å². The average molecular weight is 416 g/mol. The molecule has 0 fully saturated rings. The summed E-state index contributed by atoms with van der Waals surface area (Å²) in [5, 5.41) is 9.68. The van der Waals surface area contributed by atoms with Crippen molar-refractivity contribution in [1.29, 1.82) is 0 Å². The monoisotopic (exact) mass is 415 g/mol. The van der Waals surface area contributed by atoms with Gasteiger partial charge in [-0.3, -0.25) is 9.59 Å². The predicted molar refractivity (Wildman–Crippen MR) is 116 cm³/mol. The van der Waals surface area contributed by atoms with Gasteiger partial charge in [-0.05, 0) is 60.9 Å². The predicted octanol–water partition coefficient (Wildman–Crippen LogP) is 4.60. The molecule has 164 valence electrons. The largest absolute Gasteiger partial charge is 0.504 e. The number of ketones is 1. The lowest BCUT2D eigenvalue weighted by atomic mass is 9.91. The molecule has 2 N–H and O–H groups in total. The van der Waals surface area contributed by atoms with Gasteiger partial charge in [-0.1, -0.05) is 19.4 Å². The van der Waals surface area contributed by atoms with Gasteiger partial charge in [-0.2, -0.15) is 0 Å². The van der Waals surface area contributed by atoms with Gasteiger partial charge in [0.15, 0.2) is 11.5 Å². The van der Waals surface area contributed by atoms with E-state index in [-0.39, 0.29) is 30.0 Å². The highest BCUT2D eigenvalue weighted by Crippen LogP contribution is 2.27. The second-order valence-corrected chi connectivity index (χ2v) is 7.76. The molecule has 0 spiro atoms. The summed E-state index contributed by atoms with van der Waals surface area (Å²) in [6.07, 6.45) is 8.28. The Morgan fingerprint density at radius 1 is 1.17 bits per heavy atom. The van der Waals surface area contributed by atoms with E-state index in [1.54, 1.807) is 18.2 Å². The van der Waals surface area contributed by atoms with Crippen molar-refractivity contribution in [2.75, 3.05) is 7.11 Å². The van der Waals surface area contributed by atoms with E-state index >= 15 is 0 Å². The molecule has 2 atom stereocenters. The average Bonchev–Trinajstić information content (AvgIpc) is 3.23. The Morgan fingerprint density at radius 2 is 1.97 bits per heavy atom. The molecule has 30 heavy (non-hydrogen) atoms. The zero-order chi connectivity index (χ0) is 21.9. The number of nitrogens with one attached hydrogen (secondary N) is 1. The summed E-state index contributed by atoms with van der Waals surface area (Å²) in [6, 6.07) is 7.16. The minimum Gasteiger partial charge on any atom is -0.504 e. The molecule has 0 bridgehead atoms. The normalized spacial score (nSPS) is 12.9. The minimum absolute atomic E-state index is 0.0620. The number of aromatic amines is 1. The Morgan fingerprint density at radius 3 is 2.60 bits per heavy atom. The number of esters is 1. The molecular weight excluding hydrogens is 382 g/mol. The molecular formula is C24H33NO5. The molecule has 2 rings (SSSR count). The van der Waals surface area contributed by atoms with Gasteiger partial charge < -0.3 is 19.6 Å². The number of carbonyl (C=O) groups excluding carboxylic acids is 2. The summed E-state index contributed by atoms with van der Waals surface area (Å²) in [5.41, 5.74) is 2.19. The van der Waals surface area contributed by atoms with E-state index < -0.39 is 0 Å². The maximum absolute atomic E-state index is 12.5. The summed E-state index contributed by atoms with van der Waals surface area (Å²) in [4.78, 5) is 27.1. The number of H-pyrrole nitrogens is 1. The van der Waals surface area contributed by atoms with Gasteiger partial charge in [0.05, 0.1) is 7.11 Å². The highest BCUT2D eigenvalue weighted by Gasteiger charge is 2.19. The van der Waals surface area contributed by atoms with Crippen LogP contribution >= 0.6 is 0 Å². The van der Waals surface area contributed by atoms with Crippen LogP contribution in [0.1, 0.15) is 57.1 Å². The van der Waals surface area contributed by atoms with Gasteiger partial charge in [0.2, 0.25) is 0 Å². The topological polar surface area (TPSA) is 88.6 Å². The lowest BCUT2D eigenvalue weighted by molar-refractivity contribution is -0.148. The zero-order valence-corrected chi connectivity index (χ0v) is 18.1. The SMILES string of the molecule is CC[C@H](CC[C@H](CC(=O)CCc1ccc(O)c(OC)c1)OC(C)=O)Cc1cc[nH]c1. The summed E-state index contributed by atoms with van der Waals surface area (Å²) in [5.74, 6) is 0.665. The lowest BCUT2D eigenvalue weighted by Crippen LogP contribution is -2.22. The fraction of sp³-hybridized carbons (Fsp3) is 0.500. The van der Waals surface area contributed by atoms with Crippen molar-refractivity contribution in [1.82, 2.24) is 4.98 Å². The van der Waals surface area contributed by atoms with Gasteiger partial charge in [0, 0.05) is 32.2 Å². The Hall–Kier alpha value is -2.76. The molecule has 6 heteroatoms. The van der Waals surface area contributed by atoms with Crippen molar-refractivity contribution in [3.05, 3.63) is 47.8 Å². The van der Waals surface area contributed by atoms with E-state index in [9.17, 15) is 14.7 Å². The Labute approximate surface area is 178 Å². The zero-order valence-electron chi connectivity index (χ0n) is 18.1. The molecule has 2 aromatic rings. The lowest BCUT2D eigenvalue weighted by Gasteiger charge is -2.20. The summed E-state index contributed by atoms with van der Waals surface area (Å²) in [7, 11) is 1.49. The second-order valence-electron chi connectivity index (χ2n) is 7.76. The van der Waals surface area contributed by atoms with Crippen LogP contribution in [-0.2, 0) is 27.2 Å². The van der Waals surface area contributed by atoms with Crippen molar-refractivity contribution >= 4 is 11.8 Å². The number of aryl methyl sites for hydroxylation is 1. The first-order valence-corrected chi connectivity index (χ1v) is 10.6. The number of aromatic hydroxyl groups is 1. The molecule has 0 saturated carbocycles. The first kappa shape index (κ1) is 23.5. The molecule has 0 amide bonds. The second kappa shape index (κ2) is 12.1. The fourth-order valence-corrected chi connectivity index (χ4v) is 3.65. The molecule has 0 aliphatic carbocycles. The van der Waals surface area contributed by atoms with E-state index in [0.29, 0.717) is 30.9 Å². The van der Waals surface area contributed by atoms with Crippen LogP contribution in [-0.4, -0.2) is 35.1 Å². The Kier molecular flexibility index (Phi) is 9.45. The third-order valence-electron chi connectivity index (χ3n) is 5.39. The fourth-order valence-electron chi connectivity index (χ4n) is 3.65. The Bertz CT molecular complexity index is 800. The third kappa shape index (κ3) is 7.93. The van der Waals surface area contributed by atoms with Crippen LogP contribution in [0.25, 0.3) is 0 Å². The number of hydrogen-bond acceptors (Lipinski definition) is 5. The highest BCUT2D eigenvalue weighted by molar-refractivity contribution is 5.79. The summed E-state index contributed by atoms with van der Waals surface area (Å²) < 4.78 is 10.5. The number of ether oxygens (including phenoxy) is 2. The number of phenolic OH excluding ortho intramolecular Hbond substituents is 1. The number of methoxy groups -OCH3 is 1. The van der Waals surface area contributed by atoms with Crippen molar-refractivity contribution in [3.63, 3.8) is 0 Å². The van der Waals surface area contributed by atoms with E-state index in [1.807, 2.05) is 12.4 Å². The van der Waals surface area contributed by atoms with Crippen molar-refractivity contribution in [2.24, 2.45) is 5.92 Å². The molecule has 0 aliphatic heterocycles. The quantitative estimate of drug-likeness (QED) is 0.467.